The molecule has 1 aromatic carbocycles. The van der Waals surface area contributed by atoms with Crippen molar-refractivity contribution in [3.8, 4) is 17.1 Å². The Morgan fingerprint density at radius 2 is 2.04 bits per heavy atom. The number of amides is 1. The van der Waals surface area contributed by atoms with Gasteiger partial charge in [0.05, 0.1) is 11.9 Å². The SMILES string of the molecule is CCc1ccc(-c2nccn2-c2cnn(CCCC(=O)NC)c2)cc1. The molecule has 0 radical (unpaired) electrons. The van der Waals surface area contributed by atoms with Gasteiger partial charge in [-0.15, -0.1) is 0 Å². The normalized spacial score (nSPS) is 10.8. The zero-order chi connectivity index (χ0) is 17.6. The highest BCUT2D eigenvalue weighted by molar-refractivity contribution is 5.75. The summed E-state index contributed by atoms with van der Waals surface area (Å²) in [5.41, 5.74) is 3.35. The van der Waals surface area contributed by atoms with Crippen molar-refractivity contribution in [2.24, 2.45) is 0 Å². The van der Waals surface area contributed by atoms with Gasteiger partial charge >= 0.3 is 0 Å². The Morgan fingerprint density at radius 1 is 1.24 bits per heavy atom. The molecule has 0 aliphatic carbocycles. The fourth-order valence-electron chi connectivity index (χ4n) is 2.74. The van der Waals surface area contributed by atoms with Gasteiger partial charge in [-0.25, -0.2) is 4.98 Å². The maximum atomic E-state index is 11.3. The van der Waals surface area contributed by atoms with Crippen molar-refractivity contribution in [1.29, 1.82) is 0 Å². The van der Waals surface area contributed by atoms with E-state index in [0.717, 1.165) is 29.9 Å². The summed E-state index contributed by atoms with van der Waals surface area (Å²) in [5.74, 6) is 0.951. The van der Waals surface area contributed by atoms with Gasteiger partial charge in [0.25, 0.3) is 0 Å². The molecule has 1 N–H and O–H groups in total. The first-order valence-electron chi connectivity index (χ1n) is 8.57. The fourth-order valence-corrected chi connectivity index (χ4v) is 2.74. The van der Waals surface area contributed by atoms with Gasteiger partial charge in [-0.2, -0.15) is 5.10 Å². The van der Waals surface area contributed by atoms with Crippen LogP contribution in [0.3, 0.4) is 0 Å². The molecule has 1 amide bonds. The first kappa shape index (κ1) is 17.0. The molecule has 6 heteroatoms. The van der Waals surface area contributed by atoms with Crippen molar-refractivity contribution in [2.45, 2.75) is 32.7 Å². The van der Waals surface area contributed by atoms with Crippen molar-refractivity contribution in [2.75, 3.05) is 7.05 Å². The Balaban J connectivity index is 1.75. The molecule has 0 saturated heterocycles. The minimum absolute atomic E-state index is 0.0554. The summed E-state index contributed by atoms with van der Waals surface area (Å²) in [5, 5.41) is 7.02. The van der Waals surface area contributed by atoms with E-state index in [9.17, 15) is 4.79 Å². The van der Waals surface area contributed by atoms with Crippen LogP contribution in [-0.2, 0) is 17.8 Å². The maximum Gasteiger partial charge on any atom is 0.219 e. The van der Waals surface area contributed by atoms with Crippen LogP contribution in [0.1, 0.15) is 25.3 Å². The summed E-state index contributed by atoms with van der Waals surface area (Å²) in [6, 6.07) is 8.48. The third-order valence-corrected chi connectivity index (χ3v) is 4.23. The maximum absolute atomic E-state index is 11.3. The largest absolute Gasteiger partial charge is 0.359 e. The van der Waals surface area contributed by atoms with Gasteiger partial charge in [0.2, 0.25) is 5.91 Å². The molecule has 6 nitrogen and oxygen atoms in total. The number of aromatic nitrogens is 4. The Hall–Kier alpha value is -2.89. The summed E-state index contributed by atoms with van der Waals surface area (Å²) in [6.45, 7) is 2.86. The highest BCUT2D eigenvalue weighted by atomic mass is 16.1. The van der Waals surface area contributed by atoms with Crippen LogP contribution in [0.15, 0.2) is 49.1 Å². The number of nitrogens with one attached hydrogen (secondary N) is 1. The minimum Gasteiger partial charge on any atom is -0.359 e. The molecule has 3 rings (SSSR count). The summed E-state index contributed by atoms with van der Waals surface area (Å²) < 4.78 is 3.89. The van der Waals surface area contributed by atoms with Crippen molar-refractivity contribution in [3.05, 3.63) is 54.6 Å². The molecule has 0 atom stereocenters. The third-order valence-electron chi connectivity index (χ3n) is 4.23. The zero-order valence-electron chi connectivity index (χ0n) is 14.6. The van der Waals surface area contributed by atoms with Gasteiger partial charge in [-0.1, -0.05) is 31.2 Å². The average molecular weight is 337 g/mol. The summed E-state index contributed by atoms with van der Waals surface area (Å²) in [7, 11) is 1.65. The van der Waals surface area contributed by atoms with E-state index in [1.54, 1.807) is 13.2 Å². The average Bonchev–Trinajstić information content (AvgIpc) is 3.30. The molecule has 2 aromatic heterocycles. The van der Waals surface area contributed by atoms with E-state index in [1.165, 1.54) is 5.56 Å². The van der Waals surface area contributed by atoms with Gasteiger partial charge in [0, 0.05) is 44.2 Å². The molecule has 130 valence electrons. The number of aryl methyl sites for hydroxylation is 2. The molecule has 0 unspecified atom stereocenters. The van der Waals surface area contributed by atoms with E-state index in [0.29, 0.717) is 13.0 Å². The molecule has 0 aliphatic rings. The quantitative estimate of drug-likeness (QED) is 0.721. The lowest BCUT2D eigenvalue weighted by atomic mass is 10.1. The van der Waals surface area contributed by atoms with Gasteiger partial charge in [0.15, 0.2) is 0 Å². The Kier molecular flexibility index (Phi) is 5.28. The molecule has 0 aliphatic heterocycles. The first-order valence-corrected chi connectivity index (χ1v) is 8.57. The molecule has 25 heavy (non-hydrogen) atoms. The summed E-state index contributed by atoms with van der Waals surface area (Å²) >= 11 is 0. The number of hydrogen-bond donors (Lipinski definition) is 1. The van der Waals surface area contributed by atoms with Crippen LogP contribution >= 0.6 is 0 Å². The van der Waals surface area contributed by atoms with Gasteiger partial charge in [-0.3, -0.25) is 14.0 Å². The molecular formula is C19H23N5O. The Morgan fingerprint density at radius 3 is 2.76 bits per heavy atom. The van der Waals surface area contributed by atoms with Gasteiger partial charge in [0.1, 0.15) is 5.82 Å². The lowest BCUT2D eigenvalue weighted by Crippen LogP contribution is -2.17. The monoisotopic (exact) mass is 337 g/mol. The number of benzene rings is 1. The van der Waals surface area contributed by atoms with Crippen LogP contribution in [0.5, 0.6) is 0 Å². The highest BCUT2D eigenvalue weighted by Gasteiger charge is 2.10. The number of rotatable bonds is 7. The molecule has 0 saturated carbocycles. The molecule has 3 aromatic rings. The second-order valence-corrected chi connectivity index (χ2v) is 5.91. The molecular weight excluding hydrogens is 314 g/mol. The number of hydrogen-bond acceptors (Lipinski definition) is 3. The standard InChI is InChI=1S/C19H23N5O/c1-3-15-6-8-16(9-7-15)19-21-10-12-24(19)17-13-22-23(14-17)11-4-5-18(25)20-2/h6-10,12-14H,3-5,11H2,1-2H3,(H,20,25). The number of carbonyl (C=O) groups is 1. The van der Waals surface area contributed by atoms with E-state index in [1.807, 2.05) is 27.8 Å². The number of carbonyl (C=O) groups excluding carboxylic acids is 1. The molecule has 0 spiro atoms. The van der Waals surface area contributed by atoms with E-state index < -0.39 is 0 Å². The van der Waals surface area contributed by atoms with Crippen molar-refractivity contribution in [3.63, 3.8) is 0 Å². The minimum atomic E-state index is 0.0554. The molecule has 2 heterocycles. The van der Waals surface area contributed by atoms with E-state index in [2.05, 4.69) is 46.6 Å². The van der Waals surface area contributed by atoms with Crippen LogP contribution < -0.4 is 5.32 Å². The van der Waals surface area contributed by atoms with Gasteiger partial charge in [-0.05, 0) is 18.4 Å². The van der Waals surface area contributed by atoms with E-state index in [4.69, 9.17) is 0 Å². The first-order chi connectivity index (χ1) is 12.2. The van der Waals surface area contributed by atoms with Crippen LogP contribution in [-0.4, -0.2) is 32.3 Å². The zero-order valence-corrected chi connectivity index (χ0v) is 14.6. The van der Waals surface area contributed by atoms with Crippen LogP contribution in [0.4, 0.5) is 0 Å². The number of imidazole rings is 1. The van der Waals surface area contributed by atoms with Crippen LogP contribution in [0.25, 0.3) is 17.1 Å². The van der Waals surface area contributed by atoms with Crippen LogP contribution in [0.2, 0.25) is 0 Å². The van der Waals surface area contributed by atoms with Gasteiger partial charge < -0.3 is 5.32 Å². The van der Waals surface area contributed by atoms with E-state index in [-0.39, 0.29) is 5.91 Å². The second kappa shape index (κ2) is 7.79. The van der Waals surface area contributed by atoms with Crippen LogP contribution in [0, 0.1) is 0 Å². The van der Waals surface area contributed by atoms with Crippen molar-refractivity contribution >= 4 is 5.91 Å². The topological polar surface area (TPSA) is 64.7 Å². The predicted molar refractivity (Wildman–Crippen MR) is 97.5 cm³/mol. The third kappa shape index (κ3) is 3.96. The van der Waals surface area contributed by atoms with E-state index >= 15 is 0 Å². The fraction of sp³-hybridized carbons (Fsp3) is 0.316. The lowest BCUT2D eigenvalue weighted by molar-refractivity contribution is -0.120. The van der Waals surface area contributed by atoms with Crippen molar-refractivity contribution < 1.29 is 4.79 Å². The molecule has 0 fully saturated rings. The second-order valence-electron chi connectivity index (χ2n) is 5.91. The lowest BCUT2D eigenvalue weighted by Gasteiger charge is -2.06. The molecule has 0 bridgehead atoms. The van der Waals surface area contributed by atoms with Crippen molar-refractivity contribution in [1.82, 2.24) is 24.6 Å². The summed E-state index contributed by atoms with van der Waals surface area (Å²) in [4.78, 5) is 15.8. The summed E-state index contributed by atoms with van der Waals surface area (Å²) in [6.07, 6.45) is 9.83. The Bertz CT molecular complexity index is 832. The number of nitrogens with zero attached hydrogens (tertiary/aromatic N) is 4. The Labute approximate surface area is 147 Å². The predicted octanol–water partition coefficient (Wildman–Crippen LogP) is 2.82. The smallest absolute Gasteiger partial charge is 0.219 e. The highest BCUT2D eigenvalue weighted by Crippen LogP contribution is 2.22.